The number of unbranched alkanes of at least 4 members (excludes halogenated alkanes) is 1. The van der Waals surface area contributed by atoms with Crippen LogP contribution >= 0.6 is 0 Å². The first-order valence-electron chi connectivity index (χ1n) is 9.79. The molecule has 1 aliphatic rings. The van der Waals surface area contributed by atoms with Gasteiger partial charge in [-0.1, -0.05) is 12.1 Å². The van der Waals surface area contributed by atoms with Gasteiger partial charge in [-0.15, -0.1) is 0 Å². The Labute approximate surface area is 161 Å². The lowest BCUT2D eigenvalue weighted by molar-refractivity contribution is 0.314. The van der Waals surface area contributed by atoms with Gasteiger partial charge in [0.05, 0.1) is 12.8 Å². The Morgan fingerprint density at radius 3 is 2.74 bits per heavy atom. The lowest BCUT2D eigenvalue weighted by Crippen LogP contribution is -2.23. The lowest BCUT2D eigenvalue weighted by Gasteiger charge is -2.21. The Kier molecular flexibility index (Phi) is 7.34. The van der Waals surface area contributed by atoms with E-state index in [1.165, 1.54) is 11.6 Å². The number of anilines is 1. The quantitative estimate of drug-likeness (QED) is 0.614. The monoisotopic (exact) mass is 372 g/mol. The van der Waals surface area contributed by atoms with Gasteiger partial charge in [-0.2, -0.15) is 0 Å². The number of ether oxygens (including phenoxy) is 2. The normalized spacial score (nSPS) is 13.0. The van der Waals surface area contributed by atoms with Crippen molar-refractivity contribution in [1.82, 2.24) is 5.32 Å². The molecule has 2 aromatic carbocycles. The third kappa shape index (κ3) is 5.60. The van der Waals surface area contributed by atoms with Crippen molar-refractivity contribution in [3.63, 3.8) is 0 Å². The molecule has 5 heteroatoms. The predicted molar refractivity (Wildman–Crippen MR) is 108 cm³/mol. The molecule has 0 atom stereocenters. The van der Waals surface area contributed by atoms with Crippen LogP contribution in [0, 0.1) is 5.82 Å². The smallest absolute Gasteiger partial charge is 0.142 e. The molecule has 0 aliphatic carbocycles. The summed E-state index contributed by atoms with van der Waals surface area (Å²) in [5, 5.41) is 6.68. The summed E-state index contributed by atoms with van der Waals surface area (Å²) < 4.78 is 24.9. The first kappa shape index (κ1) is 19.5. The summed E-state index contributed by atoms with van der Waals surface area (Å²) in [5.41, 5.74) is 2.93. The van der Waals surface area contributed by atoms with Crippen molar-refractivity contribution in [3.05, 3.63) is 53.3 Å². The van der Waals surface area contributed by atoms with E-state index in [0.29, 0.717) is 6.61 Å². The molecule has 2 N–H and O–H groups in total. The zero-order chi connectivity index (χ0) is 18.9. The molecule has 1 aliphatic heterocycles. The Hall–Kier alpha value is -2.27. The molecule has 0 radical (unpaired) electrons. The van der Waals surface area contributed by atoms with Crippen LogP contribution in [0.5, 0.6) is 11.5 Å². The van der Waals surface area contributed by atoms with Crippen LogP contribution < -0.4 is 20.1 Å². The number of methoxy groups -OCH3 is 1. The van der Waals surface area contributed by atoms with E-state index in [1.807, 2.05) is 12.1 Å². The lowest BCUT2D eigenvalue weighted by atomic mass is 10.0. The van der Waals surface area contributed by atoms with Crippen LogP contribution in [0.25, 0.3) is 0 Å². The van der Waals surface area contributed by atoms with Crippen molar-refractivity contribution in [2.24, 2.45) is 0 Å². The van der Waals surface area contributed by atoms with E-state index in [-0.39, 0.29) is 5.82 Å². The van der Waals surface area contributed by atoms with Gasteiger partial charge in [0, 0.05) is 18.7 Å². The molecule has 1 heterocycles. The molecule has 0 bridgehead atoms. The van der Waals surface area contributed by atoms with Crippen LogP contribution in [-0.2, 0) is 12.8 Å². The molecule has 27 heavy (non-hydrogen) atoms. The molecule has 0 aromatic heterocycles. The van der Waals surface area contributed by atoms with E-state index >= 15 is 0 Å². The predicted octanol–water partition coefficient (Wildman–Crippen LogP) is 4.18. The molecule has 146 valence electrons. The van der Waals surface area contributed by atoms with E-state index in [1.54, 1.807) is 13.2 Å². The third-order valence-electron chi connectivity index (χ3n) is 4.89. The summed E-state index contributed by atoms with van der Waals surface area (Å²) in [5.74, 6) is 1.52. The number of rotatable bonds is 10. The van der Waals surface area contributed by atoms with Gasteiger partial charge in [-0.05, 0) is 68.5 Å². The van der Waals surface area contributed by atoms with Gasteiger partial charge in [0.1, 0.15) is 23.9 Å². The maximum Gasteiger partial charge on any atom is 0.142 e. The van der Waals surface area contributed by atoms with Crippen molar-refractivity contribution < 1.29 is 13.9 Å². The molecule has 0 unspecified atom stereocenters. The molecule has 4 nitrogen and oxygen atoms in total. The highest BCUT2D eigenvalue weighted by molar-refractivity contribution is 5.63. The topological polar surface area (TPSA) is 42.5 Å². The Morgan fingerprint density at radius 2 is 1.93 bits per heavy atom. The second kappa shape index (κ2) is 10.2. The number of nitrogens with one attached hydrogen (secondary N) is 2. The molecular formula is C22H29FN2O2. The van der Waals surface area contributed by atoms with Gasteiger partial charge in [-0.3, -0.25) is 0 Å². The summed E-state index contributed by atoms with van der Waals surface area (Å²) in [6.45, 7) is 3.21. The number of benzene rings is 2. The Balaban J connectivity index is 1.30. The highest BCUT2D eigenvalue weighted by atomic mass is 19.1. The van der Waals surface area contributed by atoms with Gasteiger partial charge in [0.2, 0.25) is 0 Å². The van der Waals surface area contributed by atoms with Crippen LogP contribution in [0.2, 0.25) is 0 Å². The SMILES string of the molecule is COc1ccc(CCCCNCCOc2ccc(F)c3c2NCCC3)cc1. The molecule has 0 fully saturated rings. The van der Waals surface area contributed by atoms with Crippen molar-refractivity contribution in [3.8, 4) is 11.5 Å². The number of hydrogen-bond donors (Lipinski definition) is 2. The highest BCUT2D eigenvalue weighted by Gasteiger charge is 2.17. The van der Waals surface area contributed by atoms with Crippen LogP contribution in [0.3, 0.4) is 0 Å². The van der Waals surface area contributed by atoms with Crippen LogP contribution in [0.4, 0.5) is 10.1 Å². The van der Waals surface area contributed by atoms with E-state index in [2.05, 4.69) is 22.8 Å². The van der Waals surface area contributed by atoms with E-state index < -0.39 is 0 Å². The van der Waals surface area contributed by atoms with Crippen LogP contribution in [0.15, 0.2) is 36.4 Å². The fourth-order valence-corrected chi connectivity index (χ4v) is 3.37. The van der Waals surface area contributed by atoms with Crippen molar-refractivity contribution in [2.75, 3.05) is 38.7 Å². The van der Waals surface area contributed by atoms with Crippen LogP contribution in [-0.4, -0.2) is 33.4 Å². The minimum Gasteiger partial charge on any atom is -0.497 e. The molecule has 0 spiro atoms. The highest BCUT2D eigenvalue weighted by Crippen LogP contribution is 2.33. The van der Waals surface area contributed by atoms with E-state index in [4.69, 9.17) is 9.47 Å². The average molecular weight is 372 g/mol. The van der Waals surface area contributed by atoms with E-state index in [0.717, 1.165) is 74.5 Å². The number of hydrogen-bond acceptors (Lipinski definition) is 4. The fourth-order valence-electron chi connectivity index (χ4n) is 3.37. The van der Waals surface area contributed by atoms with Gasteiger partial charge in [-0.25, -0.2) is 4.39 Å². The molecule has 0 saturated carbocycles. The maximum absolute atomic E-state index is 13.9. The largest absolute Gasteiger partial charge is 0.497 e. The summed E-state index contributed by atoms with van der Waals surface area (Å²) in [7, 11) is 1.69. The first-order chi connectivity index (χ1) is 13.3. The summed E-state index contributed by atoms with van der Waals surface area (Å²) in [6.07, 6.45) is 5.09. The number of halogens is 1. The van der Waals surface area contributed by atoms with Crippen molar-refractivity contribution >= 4 is 5.69 Å². The second-order valence-corrected chi connectivity index (χ2v) is 6.83. The second-order valence-electron chi connectivity index (χ2n) is 6.83. The zero-order valence-corrected chi connectivity index (χ0v) is 16.0. The summed E-state index contributed by atoms with van der Waals surface area (Å²) in [4.78, 5) is 0. The van der Waals surface area contributed by atoms with Gasteiger partial charge < -0.3 is 20.1 Å². The minimum absolute atomic E-state index is 0.139. The molecule has 0 saturated heterocycles. The van der Waals surface area contributed by atoms with Crippen LogP contribution in [0.1, 0.15) is 30.4 Å². The third-order valence-corrected chi connectivity index (χ3v) is 4.89. The fraction of sp³-hybridized carbons (Fsp3) is 0.455. The molecule has 3 rings (SSSR count). The van der Waals surface area contributed by atoms with Crippen molar-refractivity contribution in [1.29, 1.82) is 0 Å². The van der Waals surface area contributed by atoms with Gasteiger partial charge >= 0.3 is 0 Å². The summed E-state index contributed by atoms with van der Waals surface area (Å²) in [6, 6.07) is 11.5. The average Bonchev–Trinajstić information content (AvgIpc) is 2.72. The van der Waals surface area contributed by atoms with Gasteiger partial charge in [0.25, 0.3) is 0 Å². The molecule has 2 aromatic rings. The number of aryl methyl sites for hydroxylation is 1. The standard InChI is InChI=1S/C22H29FN2O2/c1-26-18-9-7-17(8-10-18)5-2-3-13-24-15-16-27-21-12-11-20(23)19-6-4-14-25-22(19)21/h7-12,24-25H,2-6,13-16H2,1H3. The summed E-state index contributed by atoms with van der Waals surface area (Å²) >= 11 is 0. The van der Waals surface area contributed by atoms with E-state index in [9.17, 15) is 4.39 Å². The first-order valence-corrected chi connectivity index (χ1v) is 9.79. The van der Waals surface area contributed by atoms with Gasteiger partial charge in [0.15, 0.2) is 0 Å². The Morgan fingerprint density at radius 1 is 1.07 bits per heavy atom. The molecule has 0 amide bonds. The molecular weight excluding hydrogens is 343 g/mol. The maximum atomic E-state index is 13.9. The Bertz CT molecular complexity index is 719. The minimum atomic E-state index is -0.139. The number of fused-ring (bicyclic) bond motifs is 1. The zero-order valence-electron chi connectivity index (χ0n) is 16.0. The van der Waals surface area contributed by atoms with Crippen molar-refractivity contribution in [2.45, 2.75) is 32.1 Å².